The first kappa shape index (κ1) is 15.8. The molecule has 22 heavy (non-hydrogen) atoms. The van der Waals surface area contributed by atoms with E-state index in [9.17, 15) is 13.6 Å². The molecule has 0 unspecified atom stereocenters. The SMILES string of the molecule is CN(C)c1nccc(CNC(=O)Cc2ccc(F)cc2F)n1. The second-order valence-electron chi connectivity index (χ2n) is 4.93. The summed E-state index contributed by atoms with van der Waals surface area (Å²) in [4.78, 5) is 21.9. The molecule has 1 N–H and O–H groups in total. The van der Waals surface area contributed by atoms with Gasteiger partial charge in [-0.2, -0.15) is 0 Å². The van der Waals surface area contributed by atoms with Crippen LogP contribution in [0.5, 0.6) is 0 Å². The van der Waals surface area contributed by atoms with E-state index in [4.69, 9.17) is 0 Å². The highest BCUT2D eigenvalue weighted by molar-refractivity contribution is 5.78. The van der Waals surface area contributed by atoms with Gasteiger partial charge in [0, 0.05) is 26.4 Å². The number of nitrogens with one attached hydrogen (secondary N) is 1. The Morgan fingerprint density at radius 3 is 2.73 bits per heavy atom. The third-order valence-corrected chi connectivity index (χ3v) is 2.93. The molecule has 5 nitrogen and oxygen atoms in total. The molecule has 0 aliphatic rings. The molecule has 0 saturated carbocycles. The minimum atomic E-state index is -0.730. The van der Waals surface area contributed by atoms with Gasteiger partial charge in [-0.1, -0.05) is 6.07 Å². The molecule has 1 aromatic carbocycles. The van der Waals surface area contributed by atoms with E-state index in [1.54, 1.807) is 17.2 Å². The molecule has 7 heteroatoms. The van der Waals surface area contributed by atoms with Crippen LogP contribution < -0.4 is 10.2 Å². The van der Waals surface area contributed by atoms with Gasteiger partial charge >= 0.3 is 0 Å². The summed E-state index contributed by atoms with van der Waals surface area (Å²) in [5.74, 6) is -1.22. The van der Waals surface area contributed by atoms with Crippen LogP contribution in [0.4, 0.5) is 14.7 Å². The quantitative estimate of drug-likeness (QED) is 0.913. The van der Waals surface area contributed by atoms with E-state index >= 15 is 0 Å². The first-order valence-electron chi connectivity index (χ1n) is 6.65. The maximum atomic E-state index is 13.5. The standard InChI is InChI=1S/C15H16F2N4O/c1-21(2)15-18-6-5-12(20-15)9-19-14(22)7-10-3-4-11(16)8-13(10)17/h3-6,8H,7,9H2,1-2H3,(H,19,22). The van der Waals surface area contributed by atoms with Gasteiger partial charge in [-0.25, -0.2) is 18.7 Å². The molecule has 1 amide bonds. The van der Waals surface area contributed by atoms with E-state index < -0.39 is 11.6 Å². The molecule has 2 aromatic rings. The van der Waals surface area contributed by atoms with Gasteiger partial charge in [0.05, 0.1) is 18.7 Å². The number of rotatable bonds is 5. The fourth-order valence-electron chi connectivity index (χ4n) is 1.79. The Labute approximate surface area is 127 Å². The Balaban J connectivity index is 1.94. The summed E-state index contributed by atoms with van der Waals surface area (Å²) in [6.07, 6.45) is 1.45. The molecule has 0 atom stereocenters. The monoisotopic (exact) mass is 306 g/mol. The highest BCUT2D eigenvalue weighted by Gasteiger charge is 2.09. The topological polar surface area (TPSA) is 58.1 Å². The van der Waals surface area contributed by atoms with E-state index in [2.05, 4.69) is 15.3 Å². The van der Waals surface area contributed by atoms with Gasteiger partial charge in [0.25, 0.3) is 0 Å². The van der Waals surface area contributed by atoms with Crippen molar-refractivity contribution >= 4 is 11.9 Å². The number of nitrogens with zero attached hydrogens (tertiary/aromatic N) is 3. The molecular formula is C15H16F2N4O. The number of halogens is 2. The third kappa shape index (κ3) is 4.21. The lowest BCUT2D eigenvalue weighted by Gasteiger charge is -2.11. The van der Waals surface area contributed by atoms with Crippen molar-refractivity contribution in [1.29, 1.82) is 0 Å². The van der Waals surface area contributed by atoms with Gasteiger partial charge in [-0.3, -0.25) is 4.79 Å². The Morgan fingerprint density at radius 2 is 2.05 bits per heavy atom. The number of carbonyl (C=O) groups excluding carboxylic acids is 1. The molecule has 0 spiro atoms. The molecule has 1 heterocycles. The molecule has 116 valence electrons. The smallest absolute Gasteiger partial charge is 0.225 e. The molecule has 2 rings (SSSR count). The van der Waals surface area contributed by atoms with Crippen molar-refractivity contribution in [3.63, 3.8) is 0 Å². The summed E-state index contributed by atoms with van der Waals surface area (Å²) in [6, 6.07) is 4.83. The maximum Gasteiger partial charge on any atom is 0.225 e. The summed E-state index contributed by atoms with van der Waals surface area (Å²) in [7, 11) is 3.63. The van der Waals surface area contributed by atoms with Crippen molar-refractivity contribution < 1.29 is 13.6 Å². The van der Waals surface area contributed by atoms with Crippen molar-refractivity contribution in [3.8, 4) is 0 Å². The first-order chi connectivity index (χ1) is 10.5. The zero-order valence-corrected chi connectivity index (χ0v) is 12.3. The molecule has 0 aliphatic carbocycles. The van der Waals surface area contributed by atoms with Crippen LogP contribution in [0.3, 0.4) is 0 Å². The molecule has 0 radical (unpaired) electrons. The number of hydrogen-bond donors (Lipinski definition) is 1. The van der Waals surface area contributed by atoms with Crippen LogP contribution in [0.1, 0.15) is 11.3 Å². The summed E-state index contributed by atoms with van der Waals surface area (Å²) >= 11 is 0. The predicted molar refractivity (Wildman–Crippen MR) is 78.3 cm³/mol. The highest BCUT2D eigenvalue weighted by atomic mass is 19.1. The van der Waals surface area contributed by atoms with Gasteiger partial charge in [0.15, 0.2) is 0 Å². The lowest BCUT2D eigenvalue weighted by Crippen LogP contribution is -2.26. The number of hydrogen-bond acceptors (Lipinski definition) is 4. The molecule has 0 bridgehead atoms. The number of anilines is 1. The Kier molecular flexibility index (Phi) is 4.98. The molecule has 0 saturated heterocycles. The third-order valence-electron chi connectivity index (χ3n) is 2.93. The lowest BCUT2D eigenvalue weighted by molar-refractivity contribution is -0.120. The van der Waals surface area contributed by atoms with E-state index in [-0.39, 0.29) is 24.4 Å². The number of amides is 1. The van der Waals surface area contributed by atoms with E-state index in [0.29, 0.717) is 11.6 Å². The van der Waals surface area contributed by atoms with Gasteiger partial charge < -0.3 is 10.2 Å². The number of aromatic nitrogens is 2. The Hall–Kier alpha value is -2.57. The Morgan fingerprint density at radius 1 is 1.27 bits per heavy atom. The second kappa shape index (κ2) is 6.93. The van der Waals surface area contributed by atoms with Gasteiger partial charge in [0.2, 0.25) is 11.9 Å². The number of benzene rings is 1. The van der Waals surface area contributed by atoms with Crippen LogP contribution in [0.25, 0.3) is 0 Å². The zero-order chi connectivity index (χ0) is 16.1. The molecule has 1 aromatic heterocycles. The summed E-state index contributed by atoms with van der Waals surface area (Å²) in [6.45, 7) is 0.213. The van der Waals surface area contributed by atoms with Gasteiger partial charge in [0.1, 0.15) is 11.6 Å². The average molecular weight is 306 g/mol. The van der Waals surface area contributed by atoms with Crippen molar-refractivity contribution in [2.24, 2.45) is 0 Å². The minimum absolute atomic E-state index is 0.149. The van der Waals surface area contributed by atoms with E-state index in [1.165, 1.54) is 6.07 Å². The number of carbonyl (C=O) groups is 1. The summed E-state index contributed by atoms with van der Waals surface area (Å²) in [5.41, 5.74) is 0.794. The van der Waals surface area contributed by atoms with Crippen molar-refractivity contribution in [1.82, 2.24) is 15.3 Å². The predicted octanol–water partition coefficient (Wildman–Crippen LogP) is 1.68. The fourth-order valence-corrected chi connectivity index (χ4v) is 1.79. The Bertz CT molecular complexity index is 676. The van der Waals surface area contributed by atoms with Crippen molar-refractivity contribution in [3.05, 3.63) is 53.4 Å². The van der Waals surface area contributed by atoms with Crippen LogP contribution in [0.15, 0.2) is 30.5 Å². The maximum absolute atomic E-state index is 13.5. The lowest BCUT2D eigenvalue weighted by atomic mass is 10.1. The average Bonchev–Trinajstić information content (AvgIpc) is 2.48. The molecule has 0 aliphatic heterocycles. The van der Waals surface area contributed by atoms with Gasteiger partial charge in [-0.15, -0.1) is 0 Å². The van der Waals surface area contributed by atoms with E-state index in [1.807, 2.05) is 14.1 Å². The van der Waals surface area contributed by atoms with Gasteiger partial charge in [-0.05, 0) is 17.7 Å². The van der Waals surface area contributed by atoms with Crippen molar-refractivity contribution in [2.45, 2.75) is 13.0 Å². The molecule has 0 fully saturated rings. The van der Waals surface area contributed by atoms with Crippen molar-refractivity contribution in [2.75, 3.05) is 19.0 Å². The first-order valence-corrected chi connectivity index (χ1v) is 6.65. The van der Waals surface area contributed by atoms with Crippen LogP contribution in [-0.2, 0) is 17.8 Å². The van der Waals surface area contributed by atoms with Crippen LogP contribution in [-0.4, -0.2) is 30.0 Å². The normalized spacial score (nSPS) is 10.4. The highest BCUT2D eigenvalue weighted by Crippen LogP contribution is 2.10. The second-order valence-corrected chi connectivity index (χ2v) is 4.93. The fraction of sp³-hybridized carbons (Fsp3) is 0.267. The van der Waals surface area contributed by atoms with Crippen LogP contribution in [0, 0.1) is 11.6 Å². The minimum Gasteiger partial charge on any atom is -0.350 e. The summed E-state index contributed by atoms with van der Waals surface area (Å²) in [5, 5.41) is 2.65. The van der Waals surface area contributed by atoms with Crippen LogP contribution >= 0.6 is 0 Å². The largest absolute Gasteiger partial charge is 0.350 e. The van der Waals surface area contributed by atoms with Crippen LogP contribution in [0.2, 0.25) is 0 Å². The summed E-state index contributed by atoms with van der Waals surface area (Å²) < 4.78 is 26.3. The zero-order valence-electron chi connectivity index (χ0n) is 12.3. The van der Waals surface area contributed by atoms with E-state index in [0.717, 1.165) is 12.1 Å². The molecular weight excluding hydrogens is 290 g/mol.